The maximum Gasteiger partial charge on any atom is 0.238 e. The number of benzene rings is 1. The Morgan fingerprint density at radius 1 is 1.19 bits per heavy atom. The molecular formula is C17H25N3O. The summed E-state index contributed by atoms with van der Waals surface area (Å²) in [6, 6.07) is 9.01. The van der Waals surface area contributed by atoms with Gasteiger partial charge in [-0.2, -0.15) is 0 Å². The lowest BCUT2D eigenvalue weighted by Crippen LogP contribution is -2.35. The van der Waals surface area contributed by atoms with Gasteiger partial charge in [0.2, 0.25) is 5.91 Å². The Morgan fingerprint density at radius 3 is 2.76 bits per heavy atom. The van der Waals surface area contributed by atoms with Gasteiger partial charge in [0.25, 0.3) is 0 Å². The molecule has 21 heavy (non-hydrogen) atoms. The van der Waals surface area contributed by atoms with Crippen molar-refractivity contribution >= 4 is 5.91 Å². The van der Waals surface area contributed by atoms with Crippen LogP contribution in [0.3, 0.4) is 0 Å². The normalized spacial score (nSPS) is 25.6. The molecule has 3 rings (SSSR count). The summed E-state index contributed by atoms with van der Waals surface area (Å²) in [5.74, 6) is 5.99. The first-order valence-electron chi connectivity index (χ1n) is 8.08. The van der Waals surface area contributed by atoms with Crippen LogP contribution in [0.1, 0.15) is 43.2 Å². The third-order valence-corrected chi connectivity index (χ3v) is 5.13. The number of nitrogens with two attached hydrogens (primary N) is 1. The second-order valence-corrected chi connectivity index (χ2v) is 6.38. The third-order valence-electron chi connectivity index (χ3n) is 5.13. The van der Waals surface area contributed by atoms with Crippen molar-refractivity contribution in [3.63, 3.8) is 0 Å². The Morgan fingerprint density at radius 2 is 1.95 bits per heavy atom. The van der Waals surface area contributed by atoms with Crippen LogP contribution in [-0.4, -0.2) is 23.4 Å². The monoisotopic (exact) mass is 287 g/mol. The molecule has 1 aliphatic heterocycles. The van der Waals surface area contributed by atoms with Gasteiger partial charge in [0, 0.05) is 12.6 Å². The predicted octanol–water partition coefficient (Wildman–Crippen LogP) is 1.98. The van der Waals surface area contributed by atoms with Gasteiger partial charge in [0.05, 0.1) is 6.42 Å². The van der Waals surface area contributed by atoms with Crippen molar-refractivity contribution < 1.29 is 4.79 Å². The molecule has 1 aliphatic carbocycles. The van der Waals surface area contributed by atoms with Gasteiger partial charge >= 0.3 is 0 Å². The molecule has 1 saturated heterocycles. The molecule has 1 aromatic rings. The number of fused-ring (bicyclic) bond motifs is 1. The molecular weight excluding hydrogens is 262 g/mol. The summed E-state index contributed by atoms with van der Waals surface area (Å²) in [4.78, 5) is 14.2. The summed E-state index contributed by atoms with van der Waals surface area (Å²) in [7, 11) is 0. The zero-order chi connectivity index (χ0) is 14.7. The summed E-state index contributed by atoms with van der Waals surface area (Å²) in [5, 5.41) is 0. The lowest BCUT2D eigenvalue weighted by Gasteiger charge is -2.32. The highest BCUT2D eigenvalue weighted by molar-refractivity contribution is 5.78. The molecule has 2 fully saturated rings. The Balaban J connectivity index is 1.71. The van der Waals surface area contributed by atoms with Crippen LogP contribution in [0.25, 0.3) is 0 Å². The van der Waals surface area contributed by atoms with Crippen LogP contribution < -0.4 is 11.3 Å². The fraction of sp³-hybridized carbons (Fsp3) is 0.588. The summed E-state index contributed by atoms with van der Waals surface area (Å²) < 4.78 is 0. The molecule has 2 atom stereocenters. The molecule has 1 amide bonds. The second-order valence-electron chi connectivity index (χ2n) is 6.38. The summed E-state index contributed by atoms with van der Waals surface area (Å²) in [6.07, 6.45) is 7.23. The number of hydrazine groups is 1. The smallest absolute Gasteiger partial charge is 0.238 e. The molecule has 3 N–H and O–H groups in total. The van der Waals surface area contributed by atoms with E-state index in [9.17, 15) is 4.79 Å². The van der Waals surface area contributed by atoms with E-state index in [0.29, 0.717) is 6.42 Å². The van der Waals surface area contributed by atoms with Crippen molar-refractivity contribution in [1.82, 2.24) is 10.3 Å². The largest absolute Gasteiger partial charge is 0.296 e. The second kappa shape index (κ2) is 6.58. The van der Waals surface area contributed by atoms with Crippen molar-refractivity contribution in [3.8, 4) is 0 Å². The lowest BCUT2D eigenvalue weighted by molar-refractivity contribution is -0.120. The molecule has 1 aromatic carbocycles. The van der Waals surface area contributed by atoms with Gasteiger partial charge in [0.15, 0.2) is 0 Å². The van der Waals surface area contributed by atoms with E-state index >= 15 is 0 Å². The van der Waals surface area contributed by atoms with E-state index in [2.05, 4.69) is 22.5 Å². The Kier molecular flexibility index (Phi) is 4.56. The van der Waals surface area contributed by atoms with Crippen LogP contribution in [0.2, 0.25) is 0 Å². The van der Waals surface area contributed by atoms with Gasteiger partial charge < -0.3 is 0 Å². The maximum absolute atomic E-state index is 11.5. The van der Waals surface area contributed by atoms with E-state index in [1.165, 1.54) is 44.2 Å². The van der Waals surface area contributed by atoms with E-state index < -0.39 is 0 Å². The zero-order valence-electron chi connectivity index (χ0n) is 12.6. The molecule has 4 heteroatoms. The highest BCUT2D eigenvalue weighted by Gasteiger charge is 2.35. The molecule has 1 saturated carbocycles. The van der Waals surface area contributed by atoms with Crippen LogP contribution >= 0.6 is 0 Å². The Bertz CT molecular complexity index is 503. The van der Waals surface area contributed by atoms with Crippen molar-refractivity contribution in [2.45, 2.75) is 51.1 Å². The predicted molar refractivity (Wildman–Crippen MR) is 83.2 cm³/mol. The third kappa shape index (κ3) is 3.27. The van der Waals surface area contributed by atoms with E-state index in [0.717, 1.165) is 24.1 Å². The maximum atomic E-state index is 11.5. The number of rotatable bonds is 4. The van der Waals surface area contributed by atoms with Gasteiger partial charge in [-0.3, -0.25) is 15.1 Å². The minimum Gasteiger partial charge on any atom is -0.296 e. The zero-order valence-corrected chi connectivity index (χ0v) is 12.6. The summed E-state index contributed by atoms with van der Waals surface area (Å²) in [6.45, 7) is 2.17. The standard InChI is InChI=1S/C17H25N3O/c18-19-17(21)11-14-6-1-2-7-15(14)12-20-10-9-13-5-3-4-8-16(13)20/h1-2,6-7,13,16H,3-5,8-12,18H2,(H,19,21). The molecule has 4 nitrogen and oxygen atoms in total. The van der Waals surface area contributed by atoms with Crippen LogP contribution in [0.5, 0.6) is 0 Å². The van der Waals surface area contributed by atoms with Gasteiger partial charge in [-0.05, 0) is 42.9 Å². The van der Waals surface area contributed by atoms with Gasteiger partial charge in [0.1, 0.15) is 0 Å². The van der Waals surface area contributed by atoms with E-state index in [4.69, 9.17) is 5.84 Å². The molecule has 0 bridgehead atoms. The minimum atomic E-state index is -0.126. The first-order chi connectivity index (χ1) is 10.3. The number of hydrogen-bond donors (Lipinski definition) is 2. The Hall–Kier alpha value is -1.39. The van der Waals surface area contributed by atoms with Crippen LogP contribution in [0.15, 0.2) is 24.3 Å². The molecule has 0 radical (unpaired) electrons. The highest BCUT2D eigenvalue weighted by atomic mass is 16.2. The number of likely N-dealkylation sites (tertiary alicyclic amines) is 1. The van der Waals surface area contributed by atoms with Crippen LogP contribution in [0, 0.1) is 5.92 Å². The molecule has 0 aromatic heterocycles. The van der Waals surface area contributed by atoms with Crippen molar-refractivity contribution in [2.75, 3.05) is 6.54 Å². The van der Waals surface area contributed by atoms with Crippen LogP contribution in [-0.2, 0) is 17.8 Å². The molecule has 0 spiro atoms. The highest BCUT2D eigenvalue weighted by Crippen LogP contribution is 2.37. The first-order valence-corrected chi connectivity index (χ1v) is 8.08. The molecule has 2 unspecified atom stereocenters. The van der Waals surface area contributed by atoms with Crippen LogP contribution in [0.4, 0.5) is 0 Å². The number of nitrogens with zero attached hydrogens (tertiary/aromatic N) is 1. The minimum absolute atomic E-state index is 0.126. The first kappa shape index (κ1) is 14.5. The lowest BCUT2D eigenvalue weighted by atomic mass is 9.85. The van der Waals surface area contributed by atoms with Crippen molar-refractivity contribution in [1.29, 1.82) is 0 Å². The fourth-order valence-electron chi connectivity index (χ4n) is 4.03. The van der Waals surface area contributed by atoms with E-state index in [1.54, 1.807) is 0 Å². The van der Waals surface area contributed by atoms with E-state index in [-0.39, 0.29) is 5.91 Å². The number of carbonyl (C=O) groups is 1. The molecule has 1 heterocycles. The quantitative estimate of drug-likeness (QED) is 0.506. The van der Waals surface area contributed by atoms with E-state index in [1.807, 2.05) is 12.1 Å². The molecule has 2 aliphatic rings. The SMILES string of the molecule is NNC(=O)Cc1ccccc1CN1CCC2CCCCC21. The van der Waals surface area contributed by atoms with Crippen molar-refractivity contribution in [3.05, 3.63) is 35.4 Å². The average molecular weight is 287 g/mol. The van der Waals surface area contributed by atoms with Gasteiger partial charge in [-0.15, -0.1) is 0 Å². The number of amides is 1. The van der Waals surface area contributed by atoms with Gasteiger partial charge in [-0.1, -0.05) is 37.1 Å². The van der Waals surface area contributed by atoms with Crippen molar-refractivity contribution in [2.24, 2.45) is 11.8 Å². The summed E-state index contributed by atoms with van der Waals surface area (Å²) in [5.41, 5.74) is 4.59. The number of hydrogen-bond acceptors (Lipinski definition) is 3. The number of nitrogens with one attached hydrogen (secondary N) is 1. The molecule has 114 valence electrons. The topological polar surface area (TPSA) is 58.4 Å². The average Bonchev–Trinajstić information content (AvgIpc) is 2.92. The Labute approximate surface area is 126 Å². The van der Waals surface area contributed by atoms with Gasteiger partial charge in [-0.25, -0.2) is 5.84 Å². The number of carbonyl (C=O) groups excluding carboxylic acids is 1. The summed E-state index contributed by atoms with van der Waals surface area (Å²) >= 11 is 0. The fourth-order valence-corrected chi connectivity index (χ4v) is 4.03.